The third-order valence-corrected chi connectivity index (χ3v) is 2.10. The first-order valence-electron chi connectivity index (χ1n) is 3.76. The van der Waals surface area contributed by atoms with Crippen molar-refractivity contribution in [3.8, 4) is 6.07 Å². The van der Waals surface area contributed by atoms with Crippen molar-refractivity contribution >= 4 is 18.3 Å². The number of nitriles is 1. The highest BCUT2D eigenvalue weighted by molar-refractivity contribution is 7.80. The lowest BCUT2D eigenvalue weighted by Crippen LogP contribution is -2.09. The molecule has 0 saturated heterocycles. The highest BCUT2D eigenvalue weighted by Gasteiger charge is 2.36. The Morgan fingerprint density at radius 3 is 2.38 bits per heavy atom. The van der Waals surface area contributed by atoms with Gasteiger partial charge >= 0.3 is 6.18 Å². The molecule has 8 heteroatoms. The molecule has 0 fully saturated rings. The molecule has 0 bridgehead atoms. The second-order valence-corrected chi connectivity index (χ2v) is 3.23. The number of rotatable bonds is 1. The van der Waals surface area contributed by atoms with Gasteiger partial charge < -0.3 is 0 Å². The molecule has 0 aliphatic carbocycles. The van der Waals surface area contributed by atoms with Crippen molar-refractivity contribution in [3.05, 3.63) is 33.4 Å². The number of benzene rings is 1. The summed E-state index contributed by atoms with van der Waals surface area (Å²) in [5.41, 5.74) is -2.81. The summed E-state index contributed by atoms with van der Waals surface area (Å²) in [5.74, 6) is 0. The summed E-state index contributed by atoms with van der Waals surface area (Å²) in [7, 11) is 0. The van der Waals surface area contributed by atoms with Gasteiger partial charge in [0.25, 0.3) is 5.69 Å². The quantitative estimate of drug-likeness (QED) is 0.472. The molecule has 1 rings (SSSR count). The third-order valence-electron chi connectivity index (χ3n) is 1.74. The minimum Gasteiger partial charge on any atom is -0.258 e. The van der Waals surface area contributed by atoms with Crippen LogP contribution in [-0.4, -0.2) is 4.92 Å². The lowest BCUT2D eigenvalue weighted by molar-refractivity contribution is -0.388. The predicted octanol–water partition coefficient (Wildman–Crippen LogP) is 2.77. The Kier molecular flexibility index (Phi) is 3.09. The smallest absolute Gasteiger partial charge is 0.258 e. The molecule has 0 heterocycles. The zero-order valence-electron chi connectivity index (χ0n) is 7.45. The van der Waals surface area contributed by atoms with E-state index < -0.39 is 27.9 Å². The monoisotopic (exact) mass is 248 g/mol. The minimum absolute atomic E-state index is 0.283. The molecule has 0 radical (unpaired) electrons. The highest BCUT2D eigenvalue weighted by Crippen LogP contribution is 2.36. The fourth-order valence-electron chi connectivity index (χ4n) is 1.05. The average Bonchev–Trinajstić information content (AvgIpc) is 2.14. The maximum Gasteiger partial charge on any atom is 0.417 e. The van der Waals surface area contributed by atoms with Gasteiger partial charge in [-0.2, -0.15) is 18.4 Å². The van der Waals surface area contributed by atoms with Gasteiger partial charge in [0, 0.05) is 6.07 Å². The molecule has 0 aliphatic rings. The van der Waals surface area contributed by atoms with Crippen LogP contribution in [0.15, 0.2) is 17.0 Å². The number of hydrogen-bond acceptors (Lipinski definition) is 4. The van der Waals surface area contributed by atoms with Gasteiger partial charge in [-0.05, 0) is 6.07 Å². The van der Waals surface area contributed by atoms with Crippen LogP contribution in [0.3, 0.4) is 0 Å². The SMILES string of the molecule is N#Cc1cc(S)c([N+](=O)[O-])cc1C(F)(F)F. The van der Waals surface area contributed by atoms with Gasteiger partial charge in [0.2, 0.25) is 0 Å². The zero-order valence-corrected chi connectivity index (χ0v) is 8.34. The molecule has 1 aromatic carbocycles. The second-order valence-electron chi connectivity index (χ2n) is 2.75. The highest BCUT2D eigenvalue weighted by atomic mass is 32.1. The van der Waals surface area contributed by atoms with Gasteiger partial charge in [-0.1, -0.05) is 0 Å². The van der Waals surface area contributed by atoms with Crippen molar-refractivity contribution < 1.29 is 18.1 Å². The molecular weight excluding hydrogens is 245 g/mol. The van der Waals surface area contributed by atoms with Crippen molar-refractivity contribution in [2.45, 2.75) is 11.1 Å². The summed E-state index contributed by atoms with van der Waals surface area (Å²) in [6.45, 7) is 0. The predicted molar refractivity (Wildman–Crippen MR) is 50.1 cm³/mol. The lowest BCUT2D eigenvalue weighted by Gasteiger charge is -2.08. The number of nitro benzene ring substituents is 1. The van der Waals surface area contributed by atoms with Gasteiger partial charge in [0.1, 0.15) is 0 Å². The fourth-order valence-corrected chi connectivity index (χ4v) is 1.33. The van der Waals surface area contributed by atoms with Crippen LogP contribution >= 0.6 is 12.6 Å². The van der Waals surface area contributed by atoms with E-state index in [2.05, 4.69) is 12.6 Å². The lowest BCUT2D eigenvalue weighted by atomic mass is 10.1. The molecule has 0 amide bonds. The number of halogens is 3. The first kappa shape index (κ1) is 12.3. The van der Waals surface area contributed by atoms with Crippen molar-refractivity contribution in [2.75, 3.05) is 0 Å². The van der Waals surface area contributed by atoms with Crippen molar-refractivity contribution in [1.29, 1.82) is 5.26 Å². The molecule has 0 aromatic heterocycles. The Morgan fingerprint density at radius 2 is 2.00 bits per heavy atom. The van der Waals surface area contributed by atoms with Crippen LogP contribution < -0.4 is 0 Å². The van der Waals surface area contributed by atoms with Gasteiger partial charge in [-0.15, -0.1) is 12.6 Å². The molecule has 0 N–H and O–H groups in total. The van der Waals surface area contributed by atoms with E-state index >= 15 is 0 Å². The van der Waals surface area contributed by atoms with E-state index in [1.54, 1.807) is 0 Å². The van der Waals surface area contributed by atoms with Crippen LogP contribution in [0.4, 0.5) is 18.9 Å². The van der Waals surface area contributed by atoms with E-state index in [1.807, 2.05) is 0 Å². The Hall–Kier alpha value is -1.75. The van der Waals surface area contributed by atoms with E-state index in [1.165, 1.54) is 6.07 Å². The van der Waals surface area contributed by atoms with Gasteiger partial charge in [-0.3, -0.25) is 10.1 Å². The molecule has 4 nitrogen and oxygen atoms in total. The van der Waals surface area contributed by atoms with Crippen LogP contribution in [0.5, 0.6) is 0 Å². The molecule has 0 aliphatic heterocycles. The molecule has 1 aromatic rings. The molecule has 0 spiro atoms. The largest absolute Gasteiger partial charge is 0.417 e. The average molecular weight is 248 g/mol. The van der Waals surface area contributed by atoms with Crippen LogP contribution in [0.2, 0.25) is 0 Å². The number of hydrogen-bond donors (Lipinski definition) is 1. The number of nitrogens with zero attached hydrogens (tertiary/aromatic N) is 2. The van der Waals surface area contributed by atoms with Gasteiger partial charge in [0.15, 0.2) is 0 Å². The van der Waals surface area contributed by atoms with E-state index in [0.29, 0.717) is 6.07 Å². The first-order valence-corrected chi connectivity index (χ1v) is 4.20. The molecular formula is C8H3F3N2O2S. The Bertz CT molecular complexity index is 493. The minimum atomic E-state index is -4.81. The summed E-state index contributed by atoms with van der Waals surface area (Å²) in [5, 5.41) is 18.9. The summed E-state index contributed by atoms with van der Waals surface area (Å²) >= 11 is 3.64. The normalized spacial score (nSPS) is 10.9. The topological polar surface area (TPSA) is 66.9 Å². The fraction of sp³-hybridized carbons (Fsp3) is 0.125. The molecule has 0 saturated carbocycles. The summed E-state index contributed by atoms with van der Waals surface area (Å²) in [6, 6.07) is 2.35. The Labute approximate surface area is 92.9 Å². The first-order chi connectivity index (χ1) is 7.27. The van der Waals surface area contributed by atoms with Gasteiger partial charge in [-0.25, -0.2) is 0 Å². The number of alkyl halides is 3. The standard InChI is InChI=1S/C8H3F3N2O2S/c9-8(10,11)5-2-6(13(14)15)7(16)1-4(5)3-12/h1-2,16H. The Morgan fingerprint density at radius 1 is 1.44 bits per heavy atom. The number of nitro groups is 1. The van der Waals surface area contributed by atoms with Crippen LogP contribution in [0, 0.1) is 21.4 Å². The summed E-state index contributed by atoms with van der Waals surface area (Å²) < 4.78 is 37.2. The van der Waals surface area contributed by atoms with Crippen LogP contribution in [0.25, 0.3) is 0 Å². The van der Waals surface area contributed by atoms with E-state index in [-0.39, 0.29) is 4.90 Å². The second kappa shape index (κ2) is 4.02. The zero-order chi connectivity index (χ0) is 12.5. The maximum atomic E-state index is 12.4. The molecule has 0 unspecified atom stereocenters. The Balaban J connectivity index is 3.55. The van der Waals surface area contributed by atoms with Crippen molar-refractivity contribution in [3.63, 3.8) is 0 Å². The summed E-state index contributed by atoms with van der Waals surface area (Å²) in [4.78, 5) is 9.14. The van der Waals surface area contributed by atoms with E-state index in [4.69, 9.17) is 5.26 Å². The molecule has 16 heavy (non-hydrogen) atoms. The molecule has 84 valence electrons. The van der Waals surface area contributed by atoms with E-state index in [0.717, 1.165) is 6.07 Å². The van der Waals surface area contributed by atoms with Crippen LogP contribution in [0.1, 0.15) is 11.1 Å². The van der Waals surface area contributed by atoms with Crippen molar-refractivity contribution in [2.24, 2.45) is 0 Å². The summed E-state index contributed by atoms with van der Waals surface area (Å²) in [6.07, 6.45) is -4.81. The molecule has 0 atom stereocenters. The van der Waals surface area contributed by atoms with Gasteiger partial charge in [0.05, 0.1) is 27.0 Å². The maximum absolute atomic E-state index is 12.4. The van der Waals surface area contributed by atoms with Crippen molar-refractivity contribution in [1.82, 2.24) is 0 Å². The third kappa shape index (κ3) is 2.25. The number of thiol groups is 1. The van der Waals surface area contributed by atoms with E-state index in [9.17, 15) is 23.3 Å². The van der Waals surface area contributed by atoms with Crippen LogP contribution in [-0.2, 0) is 6.18 Å².